The number of nitrogens with one attached hydrogen (secondary N) is 1. The molecule has 0 saturated heterocycles. The van der Waals surface area contributed by atoms with Gasteiger partial charge in [-0.3, -0.25) is 4.79 Å². The third-order valence-electron chi connectivity index (χ3n) is 5.54. The normalized spacial score (nSPS) is 24.1. The van der Waals surface area contributed by atoms with Gasteiger partial charge in [-0.25, -0.2) is 13.2 Å². The molecular formula is C20H29NO5S. The van der Waals surface area contributed by atoms with Crippen molar-refractivity contribution in [3.05, 3.63) is 29.3 Å². The lowest BCUT2D eigenvalue weighted by molar-refractivity contribution is -0.130. The quantitative estimate of drug-likeness (QED) is 0.774. The van der Waals surface area contributed by atoms with Crippen LogP contribution >= 0.6 is 0 Å². The molecule has 1 aliphatic rings. The van der Waals surface area contributed by atoms with Gasteiger partial charge in [-0.05, 0) is 49.8 Å². The number of ether oxygens (including phenoxy) is 1. The Kier molecular flexibility index (Phi) is 6.68. The topological polar surface area (TPSA) is 89.5 Å². The number of esters is 1. The van der Waals surface area contributed by atoms with Crippen molar-refractivity contribution in [3.8, 4) is 0 Å². The van der Waals surface area contributed by atoms with Gasteiger partial charge in [0.1, 0.15) is 0 Å². The Morgan fingerprint density at radius 2 is 1.89 bits per heavy atom. The molecular weight excluding hydrogens is 366 g/mol. The Labute approximate surface area is 161 Å². The van der Waals surface area contributed by atoms with Crippen LogP contribution in [-0.2, 0) is 19.4 Å². The summed E-state index contributed by atoms with van der Waals surface area (Å²) in [4.78, 5) is 25.0. The summed E-state index contributed by atoms with van der Waals surface area (Å²) < 4.78 is 28.7. The van der Waals surface area contributed by atoms with E-state index in [-0.39, 0.29) is 22.4 Å². The van der Waals surface area contributed by atoms with Crippen molar-refractivity contribution in [3.63, 3.8) is 0 Å². The average molecular weight is 396 g/mol. The van der Waals surface area contributed by atoms with Gasteiger partial charge in [0.05, 0.1) is 10.5 Å². The molecule has 1 aromatic carbocycles. The minimum atomic E-state index is -3.44. The predicted molar refractivity (Wildman–Crippen MR) is 103 cm³/mol. The summed E-state index contributed by atoms with van der Waals surface area (Å²) in [6, 6.07) is 4.38. The lowest BCUT2D eigenvalue weighted by Crippen LogP contribution is -2.47. The molecule has 7 heteroatoms. The number of carbonyl (C=O) groups is 2. The zero-order chi connectivity index (χ0) is 20.4. The van der Waals surface area contributed by atoms with Crippen LogP contribution in [0, 0.1) is 18.8 Å². The minimum absolute atomic E-state index is 0.0437. The number of hydrogen-bond acceptors (Lipinski definition) is 5. The zero-order valence-corrected chi connectivity index (χ0v) is 17.4. The van der Waals surface area contributed by atoms with Gasteiger partial charge >= 0.3 is 5.97 Å². The highest BCUT2D eigenvalue weighted by Gasteiger charge is 2.30. The standard InChI is InChI=1S/C20H29NO5S/c1-12-7-6-8-18(14(12)3)21-19(22)15(4)26-20(23)17-11-16(27(5,24)25)10-9-13(17)2/h9-12,14-15,18H,6-8H2,1-5H3,(H,21,22)/t12-,14-,15-,18+/m0/s1. The van der Waals surface area contributed by atoms with E-state index in [1.165, 1.54) is 19.1 Å². The number of amides is 1. The van der Waals surface area contributed by atoms with Gasteiger partial charge in [0.15, 0.2) is 15.9 Å². The molecule has 2 rings (SSSR count). The molecule has 1 amide bonds. The van der Waals surface area contributed by atoms with Crippen molar-refractivity contribution in [2.45, 2.75) is 64.0 Å². The number of carbonyl (C=O) groups excluding carboxylic acids is 2. The molecule has 1 saturated carbocycles. The van der Waals surface area contributed by atoms with E-state index in [0.717, 1.165) is 25.5 Å². The first kappa shape index (κ1) is 21.4. The molecule has 150 valence electrons. The first-order chi connectivity index (χ1) is 12.5. The van der Waals surface area contributed by atoms with E-state index in [1.807, 2.05) is 0 Å². The van der Waals surface area contributed by atoms with Crippen LogP contribution in [0.1, 0.15) is 56.0 Å². The highest BCUT2D eigenvalue weighted by molar-refractivity contribution is 7.90. The van der Waals surface area contributed by atoms with Crippen molar-refractivity contribution in [2.75, 3.05) is 6.26 Å². The van der Waals surface area contributed by atoms with Gasteiger partial charge in [0, 0.05) is 12.3 Å². The number of sulfone groups is 1. The third kappa shape index (κ3) is 5.31. The molecule has 0 spiro atoms. The van der Waals surface area contributed by atoms with Crippen molar-refractivity contribution in [1.82, 2.24) is 5.32 Å². The van der Waals surface area contributed by atoms with Crippen molar-refractivity contribution in [1.29, 1.82) is 0 Å². The highest BCUT2D eigenvalue weighted by Crippen LogP contribution is 2.29. The summed E-state index contributed by atoms with van der Waals surface area (Å²) in [5, 5.41) is 2.99. The number of benzene rings is 1. The molecule has 0 unspecified atom stereocenters. The largest absolute Gasteiger partial charge is 0.449 e. The molecule has 27 heavy (non-hydrogen) atoms. The van der Waals surface area contributed by atoms with Crippen molar-refractivity contribution in [2.24, 2.45) is 11.8 Å². The van der Waals surface area contributed by atoms with E-state index in [1.54, 1.807) is 13.0 Å². The number of hydrogen-bond donors (Lipinski definition) is 1. The maximum Gasteiger partial charge on any atom is 0.339 e. The monoisotopic (exact) mass is 395 g/mol. The molecule has 1 N–H and O–H groups in total. The van der Waals surface area contributed by atoms with Crippen LogP contribution < -0.4 is 5.32 Å². The molecule has 0 aliphatic heterocycles. The summed E-state index contributed by atoms with van der Waals surface area (Å²) in [5.41, 5.74) is 0.743. The Morgan fingerprint density at radius 3 is 2.52 bits per heavy atom. The number of rotatable bonds is 5. The SMILES string of the molecule is Cc1ccc(S(C)(=O)=O)cc1C(=O)O[C@@H](C)C(=O)N[C@@H]1CCC[C@H](C)[C@@H]1C. The first-order valence-corrected chi connectivity index (χ1v) is 11.2. The molecule has 0 radical (unpaired) electrons. The van der Waals surface area contributed by atoms with Crippen LogP contribution in [0.4, 0.5) is 0 Å². The van der Waals surface area contributed by atoms with E-state index in [9.17, 15) is 18.0 Å². The second kappa shape index (κ2) is 8.42. The summed E-state index contributed by atoms with van der Waals surface area (Å²) in [6.07, 6.45) is 3.28. The van der Waals surface area contributed by atoms with Crippen LogP contribution in [-0.4, -0.2) is 38.7 Å². The summed E-state index contributed by atoms with van der Waals surface area (Å²) in [6.45, 7) is 7.54. The van der Waals surface area contributed by atoms with E-state index in [4.69, 9.17) is 4.74 Å². The molecule has 4 atom stereocenters. The highest BCUT2D eigenvalue weighted by atomic mass is 32.2. The zero-order valence-electron chi connectivity index (χ0n) is 16.6. The maximum absolute atomic E-state index is 12.5. The van der Waals surface area contributed by atoms with Crippen LogP contribution in [0.25, 0.3) is 0 Å². The van der Waals surface area contributed by atoms with Gasteiger partial charge in [-0.1, -0.05) is 32.8 Å². The second-order valence-electron chi connectivity index (χ2n) is 7.68. The molecule has 1 fully saturated rings. The van der Waals surface area contributed by atoms with Gasteiger partial charge in [-0.15, -0.1) is 0 Å². The third-order valence-corrected chi connectivity index (χ3v) is 6.65. The van der Waals surface area contributed by atoms with E-state index >= 15 is 0 Å². The fourth-order valence-corrected chi connectivity index (χ4v) is 4.06. The smallest absolute Gasteiger partial charge is 0.339 e. The van der Waals surface area contributed by atoms with E-state index in [2.05, 4.69) is 19.2 Å². The Morgan fingerprint density at radius 1 is 1.22 bits per heavy atom. The van der Waals surface area contributed by atoms with Crippen molar-refractivity contribution >= 4 is 21.7 Å². The maximum atomic E-state index is 12.5. The molecule has 0 bridgehead atoms. The Hall–Kier alpha value is -1.89. The number of aryl methyl sites for hydroxylation is 1. The fraction of sp³-hybridized carbons (Fsp3) is 0.600. The van der Waals surface area contributed by atoms with Gasteiger partial charge in [0.2, 0.25) is 0 Å². The average Bonchev–Trinajstić information content (AvgIpc) is 2.58. The van der Waals surface area contributed by atoms with E-state index in [0.29, 0.717) is 17.4 Å². The minimum Gasteiger partial charge on any atom is -0.449 e. The van der Waals surface area contributed by atoms with Crippen molar-refractivity contribution < 1.29 is 22.7 Å². The first-order valence-electron chi connectivity index (χ1n) is 9.32. The Balaban J connectivity index is 2.06. The molecule has 1 aromatic rings. The summed E-state index contributed by atoms with van der Waals surface area (Å²) >= 11 is 0. The van der Waals surface area contributed by atoms with Gasteiger partial charge in [-0.2, -0.15) is 0 Å². The summed E-state index contributed by atoms with van der Waals surface area (Å²) in [5.74, 6) is -0.112. The van der Waals surface area contributed by atoms with E-state index < -0.39 is 21.9 Å². The molecule has 0 heterocycles. The van der Waals surface area contributed by atoms with Crippen LogP contribution in [0.2, 0.25) is 0 Å². The van der Waals surface area contributed by atoms with Crippen LogP contribution in [0.15, 0.2) is 23.1 Å². The molecule has 1 aliphatic carbocycles. The molecule has 0 aromatic heterocycles. The lowest BCUT2D eigenvalue weighted by Gasteiger charge is -2.35. The predicted octanol–water partition coefficient (Wildman–Crippen LogP) is 2.88. The van der Waals surface area contributed by atoms with Gasteiger partial charge in [0.25, 0.3) is 5.91 Å². The van der Waals surface area contributed by atoms with Gasteiger partial charge < -0.3 is 10.1 Å². The van der Waals surface area contributed by atoms with Crippen LogP contribution in [0.5, 0.6) is 0 Å². The van der Waals surface area contributed by atoms with Crippen LogP contribution in [0.3, 0.4) is 0 Å². The molecule has 6 nitrogen and oxygen atoms in total. The lowest BCUT2D eigenvalue weighted by atomic mass is 9.78. The fourth-order valence-electron chi connectivity index (χ4n) is 3.42. The second-order valence-corrected chi connectivity index (χ2v) is 9.69. The Bertz CT molecular complexity index is 818. The summed E-state index contributed by atoms with van der Waals surface area (Å²) in [7, 11) is -3.44.